The van der Waals surface area contributed by atoms with Crippen molar-refractivity contribution >= 4 is 5.69 Å². The van der Waals surface area contributed by atoms with Crippen LogP contribution in [0.25, 0.3) is 0 Å². The third-order valence-electron chi connectivity index (χ3n) is 3.36. The zero-order valence-electron chi connectivity index (χ0n) is 12.0. The smallest absolute Gasteiger partial charge is 0.102 e. The van der Waals surface area contributed by atoms with Crippen molar-refractivity contribution in [3.8, 4) is 0 Å². The summed E-state index contributed by atoms with van der Waals surface area (Å²) < 4.78 is 1.72. The van der Waals surface area contributed by atoms with Gasteiger partial charge in [-0.2, -0.15) is 0 Å². The van der Waals surface area contributed by atoms with Gasteiger partial charge in [0.05, 0.1) is 6.54 Å². The van der Waals surface area contributed by atoms with Gasteiger partial charge in [-0.25, -0.2) is 0 Å². The topological polar surface area (TPSA) is 42.7 Å². The van der Waals surface area contributed by atoms with Gasteiger partial charge in [0.1, 0.15) is 5.69 Å². The van der Waals surface area contributed by atoms with Crippen molar-refractivity contribution in [1.82, 2.24) is 15.0 Å². The first-order valence-corrected chi connectivity index (χ1v) is 7.02. The lowest BCUT2D eigenvalue weighted by atomic mass is 10.0. The van der Waals surface area contributed by atoms with E-state index in [0.29, 0.717) is 6.54 Å². The first kappa shape index (κ1) is 13.4. The van der Waals surface area contributed by atoms with Crippen LogP contribution in [-0.2, 0) is 20.0 Å². The summed E-state index contributed by atoms with van der Waals surface area (Å²) >= 11 is 0. The number of aryl methyl sites for hydroxylation is 1. The zero-order valence-corrected chi connectivity index (χ0v) is 12.0. The maximum absolute atomic E-state index is 4.09. The van der Waals surface area contributed by atoms with Crippen LogP contribution in [-0.4, -0.2) is 15.0 Å². The van der Waals surface area contributed by atoms with Crippen LogP contribution < -0.4 is 5.32 Å². The number of nitrogens with zero attached hydrogens (tertiary/aromatic N) is 3. The molecule has 1 N–H and O–H groups in total. The van der Waals surface area contributed by atoms with Gasteiger partial charge in [0, 0.05) is 18.9 Å². The van der Waals surface area contributed by atoms with Gasteiger partial charge in [-0.15, -0.1) is 5.10 Å². The molecule has 0 spiro atoms. The molecule has 0 amide bonds. The van der Waals surface area contributed by atoms with E-state index in [-0.39, 0.29) is 0 Å². The molecular formula is C17H18N4. The summed E-state index contributed by atoms with van der Waals surface area (Å²) in [5.74, 6) is 0. The molecule has 0 aliphatic heterocycles. The van der Waals surface area contributed by atoms with Gasteiger partial charge >= 0.3 is 0 Å². The fraction of sp³-hybridized carbons (Fsp3) is 0.176. The van der Waals surface area contributed by atoms with Crippen molar-refractivity contribution in [2.45, 2.75) is 13.0 Å². The third kappa shape index (κ3) is 3.48. The molecule has 0 bridgehead atoms. The minimum Gasteiger partial charge on any atom is -0.379 e. The van der Waals surface area contributed by atoms with Crippen LogP contribution in [0, 0.1) is 0 Å². The van der Waals surface area contributed by atoms with Crippen molar-refractivity contribution in [2.75, 3.05) is 5.32 Å². The predicted molar refractivity (Wildman–Crippen MR) is 84.0 cm³/mol. The Morgan fingerprint density at radius 2 is 1.76 bits per heavy atom. The molecule has 1 aromatic heterocycles. The fourth-order valence-corrected chi connectivity index (χ4v) is 2.32. The highest BCUT2D eigenvalue weighted by Gasteiger charge is 2.04. The Morgan fingerprint density at radius 1 is 1.00 bits per heavy atom. The molecular weight excluding hydrogens is 260 g/mol. The Bertz CT molecular complexity index is 704. The highest BCUT2D eigenvalue weighted by Crippen LogP contribution is 2.19. The lowest BCUT2D eigenvalue weighted by Gasteiger charge is -2.11. The number of aromatic nitrogens is 3. The molecule has 3 rings (SSSR count). The van der Waals surface area contributed by atoms with Crippen LogP contribution >= 0.6 is 0 Å². The quantitative estimate of drug-likeness (QED) is 0.780. The Kier molecular flexibility index (Phi) is 3.96. The number of para-hydroxylation sites is 1. The van der Waals surface area contributed by atoms with Gasteiger partial charge in [0.15, 0.2) is 0 Å². The van der Waals surface area contributed by atoms with Crippen molar-refractivity contribution in [1.29, 1.82) is 0 Å². The molecule has 0 aliphatic carbocycles. The first-order chi connectivity index (χ1) is 10.3. The monoisotopic (exact) mass is 278 g/mol. The largest absolute Gasteiger partial charge is 0.379 e. The normalized spacial score (nSPS) is 10.5. The average molecular weight is 278 g/mol. The second-order valence-electron chi connectivity index (χ2n) is 5.06. The Balaban J connectivity index is 1.73. The molecule has 106 valence electrons. The van der Waals surface area contributed by atoms with Gasteiger partial charge in [-0.3, -0.25) is 4.68 Å². The van der Waals surface area contributed by atoms with E-state index in [4.69, 9.17) is 0 Å². The fourth-order valence-electron chi connectivity index (χ4n) is 2.32. The molecule has 21 heavy (non-hydrogen) atoms. The number of anilines is 1. The molecule has 0 aliphatic rings. The first-order valence-electron chi connectivity index (χ1n) is 7.02. The van der Waals surface area contributed by atoms with E-state index in [1.54, 1.807) is 4.68 Å². The lowest BCUT2D eigenvalue weighted by Crippen LogP contribution is -2.03. The zero-order chi connectivity index (χ0) is 14.5. The van der Waals surface area contributed by atoms with Gasteiger partial charge < -0.3 is 5.32 Å². The summed E-state index contributed by atoms with van der Waals surface area (Å²) in [6.07, 6.45) is 2.84. The molecule has 1 heterocycles. The molecule has 3 aromatic rings. The Labute approximate surface area is 124 Å². The lowest BCUT2D eigenvalue weighted by molar-refractivity contribution is 0.713. The SMILES string of the molecule is Cn1cc(CNc2ccccc2Cc2ccccc2)nn1. The van der Waals surface area contributed by atoms with Gasteiger partial charge in [0.25, 0.3) is 0 Å². The van der Waals surface area contributed by atoms with Crippen LogP contribution in [0.4, 0.5) is 5.69 Å². The average Bonchev–Trinajstić information content (AvgIpc) is 2.93. The summed E-state index contributed by atoms with van der Waals surface area (Å²) in [6, 6.07) is 18.9. The van der Waals surface area contributed by atoms with Crippen LogP contribution in [0.15, 0.2) is 60.8 Å². The van der Waals surface area contributed by atoms with E-state index in [1.807, 2.05) is 25.4 Å². The summed E-state index contributed by atoms with van der Waals surface area (Å²) in [7, 11) is 1.87. The minimum absolute atomic E-state index is 0.680. The van der Waals surface area contributed by atoms with Gasteiger partial charge in [-0.1, -0.05) is 53.7 Å². The van der Waals surface area contributed by atoms with E-state index in [9.17, 15) is 0 Å². The van der Waals surface area contributed by atoms with Crippen molar-refractivity contribution in [3.05, 3.63) is 77.6 Å². The van der Waals surface area contributed by atoms with Gasteiger partial charge in [0.2, 0.25) is 0 Å². The standard InChI is InChI=1S/C17H18N4/c1-21-13-16(19-20-21)12-18-17-10-6-5-9-15(17)11-14-7-3-2-4-8-14/h2-10,13,18H,11-12H2,1H3. The van der Waals surface area contributed by atoms with Crippen LogP contribution in [0.3, 0.4) is 0 Å². The number of hydrogen-bond donors (Lipinski definition) is 1. The van der Waals surface area contributed by atoms with E-state index < -0.39 is 0 Å². The summed E-state index contributed by atoms with van der Waals surface area (Å²) in [6.45, 7) is 0.680. The van der Waals surface area contributed by atoms with E-state index in [1.165, 1.54) is 11.1 Å². The third-order valence-corrected chi connectivity index (χ3v) is 3.36. The molecule has 2 aromatic carbocycles. The molecule has 4 nitrogen and oxygen atoms in total. The van der Waals surface area contributed by atoms with E-state index in [2.05, 4.69) is 58.1 Å². The van der Waals surface area contributed by atoms with Crippen LogP contribution in [0.2, 0.25) is 0 Å². The second-order valence-corrected chi connectivity index (χ2v) is 5.06. The molecule has 0 fully saturated rings. The summed E-state index contributed by atoms with van der Waals surface area (Å²) in [5.41, 5.74) is 4.68. The summed E-state index contributed by atoms with van der Waals surface area (Å²) in [5, 5.41) is 11.5. The Morgan fingerprint density at radius 3 is 2.52 bits per heavy atom. The number of rotatable bonds is 5. The van der Waals surface area contributed by atoms with E-state index in [0.717, 1.165) is 17.8 Å². The molecule has 0 atom stereocenters. The number of benzene rings is 2. The van der Waals surface area contributed by atoms with Crippen molar-refractivity contribution in [2.24, 2.45) is 7.05 Å². The van der Waals surface area contributed by atoms with Crippen LogP contribution in [0.5, 0.6) is 0 Å². The molecule has 0 radical (unpaired) electrons. The molecule has 0 saturated heterocycles. The Hall–Kier alpha value is -2.62. The molecule has 0 saturated carbocycles. The minimum atomic E-state index is 0.680. The van der Waals surface area contributed by atoms with E-state index >= 15 is 0 Å². The maximum atomic E-state index is 4.09. The number of hydrogen-bond acceptors (Lipinski definition) is 3. The van der Waals surface area contributed by atoms with Crippen molar-refractivity contribution < 1.29 is 0 Å². The van der Waals surface area contributed by atoms with Crippen molar-refractivity contribution in [3.63, 3.8) is 0 Å². The predicted octanol–water partition coefficient (Wildman–Crippen LogP) is 3.02. The summed E-state index contributed by atoms with van der Waals surface area (Å²) in [4.78, 5) is 0. The van der Waals surface area contributed by atoms with Gasteiger partial charge in [-0.05, 0) is 23.6 Å². The second kappa shape index (κ2) is 6.22. The molecule has 4 heteroatoms. The maximum Gasteiger partial charge on any atom is 0.102 e. The number of nitrogens with one attached hydrogen (secondary N) is 1. The van der Waals surface area contributed by atoms with Crippen LogP contribution in [0.1, 0.15) is 16.8 Å². The highest BCUT2D eigenvalue weighted by molar-refractivity contribution is 5.52. The highest BCUT2D eigenvalue weighted by atomic mass is 15.4. The molecule has 0 unspecified atom stereocenters.